The van der Waals surface area contributed by atoms with Gasteiger partial charge in [0.1, 0.15) is 0 Å². The van der Waals surface area contributed by atoms with E-state index in [1.165, 1.54) is 0 Å². The summed E-state index contributed by atoms with van der Waals surface area (Å²) >= 11 is -2.09. The molecule has 0 spiro atoms. The molecule has 1 unspecified atom stereocenters. The van der Waals surface area contributed by atoms with Crippen molar-refractivity contribution in [2.75, 3.05) is 12.3 Å². The maximum atomic E-state index is 10.7. The molecule has 0 fully saturated rings. The number of hydrogen-bond acceptors (Lipinski definition) is 3. The zero-order valence-electron chi connectivity index (χ0n) is 6.25. The highest BCUT2D eigenvalue weighted by Crippen LogP contribution is 1.84. The van der Waals surface area contributed by atoms with Crippen LogP contribution in [0, 0.1) is 0 Å². The van der Waals surface area contributed by atoms with E-state index >= 15 is 0 Å². The van der Waals surface area contributed by atoms with E-state index in [1.54, 1.807) is 6.92 Å². The van der Waals surface area contributed by atoms with Crippen molar-refractivity contribution in [1.29, 1.82) is 0 Å². The van der Waals surface area contributed by atoms with E-state index in [9.17, 15) is 13.6 Å². The van der Waals surface area contributed by atoms with Crippen LogP contribution in [0.3, 0.4) is 0 Å². The average molecular weight is 176 g/mol. The van der Waals surface area contributed by atoms with Crippen LogP contribution >= 0.6 is 0 Å². The topological polar surface area (TPSA) is 69.2 Å². The van der Waals surface area contributed by atoms with E-state index in [2.05, 4.69) is 11.9 Å². The van der Waals surface area contributed by atoms with Crippen LogP contribution in [-0.4, -0.2) is 27.0 Å². The number of carbonyl (C=O) groups is 1. The van der Waals surface area contributed by atoms with Crippen molar-refractivity contribution in [2.45, 2.75) is 6.92 Å². The van der Waals surface area contributed by atoms with Gasteiger partial charge < -0.3 is 9.87 Å². The monoisotopic (exact) mass is 176 g/mol. The minimum absolute atomic E-state index is 0.0565. The standard InChI is InChI=1S/C6H11NO3S/c1-5(2)6(8)7-3-4-11(9)10/h1,3-4H2,2H3,(H,7,8)(H,9,10)/p-1. The van der Waals surface area contributed by atoms with Crippen LogP contribution in [0.25, 0.3) is 0 Å². The first-order chi connectivity index (χ1) is 5.04. The summed E-state index contributed by atoms with van der Waals surface area (Å²) < 4.78 is 20.0. The highest BCUT2D eigenvalue weighted by molar-refractivity contribution is 7.79. The first kappa shape index (κ1) is 10.3. The van der Waals surface area contributed by atoms with Crippen LogP contribution in [0.4, 0.5) is 0 Å². The van der Waals surface area contributed by atoms with E-state index in [0.29, 0.717) is 5.57 Å². The van der Waals surface area contributed by atoms with Gasteiger partial charge in [0.2, 0.25) is 5.91 Å². The number of amides is 1. The summed E-state index contributed by atoms with van der Waals surface area (Å²) in [6, 6.07) is 0. The van der Waals surface area contributed by atoms with Crippen molar-refractivity contribution in [2.24, 2.45) is 0 Å². The number of rotatable bonds is 4. The van der Waals surface area contributed by atoms with Crippen LogP contribution in [0.2, 0.25) is 0 Å². The molecule has 1 N–H and O–H groups in total. The molecule has 4 nitrogen and oxygen atoms in total. The third-order valence-corrected chi connectivity index (χ3v) is 1.48. The van der Waals surface area contributed by atoms with Crippen LogP contribution in [0.1, 0.15) is 6.92 Å². The molecule has 5 heteroatoms. The zero-order chi connectivity index (χ0) is 8.85. The second kappa shape index (κ2) is 5.03. The molecule has 0 heterocycles. The Labute approximate surface area is 68.0 Å². The Morgan fingerprint density at radius 2 is 2.27 bits per heavy atom. The molecule has 0 aliphatic rings. The minimum Gasteiger partial charge on any atom is -0.772 e. The lowest BCUT2D eigenvalue weighted by molar-refractivity contribution is -0.117. The maximum Gasteiger partial charge on any atom is 0.246 e. The molecule has 0 bridgehead atoms. The molecule has 0 aromatic carbocycles. The van der Waals surface area contributed by atoms with Crippen molar-refractivity contribution in [3.05, 3.63) is 12.2 Å². The third kappa shape index (κ3) is 5.75. The highest BCUT2D eigenvalue weighted by atomic mass is 32.2. The molecule has 0 rings (SSSR count). The van der Waals surface area contributed by atoms with Crippen LogP contribution in [0.15, 0.2) is 12.2 Å². The van der Waals surface area contributed by atoms with Crippen molar-refractivity contribution < 1.29 is 13.6 Å². The summed E-state index contributed by atoms with van der Waals surface area (Å²) in [5.41, 5.74) is 0.377. The van der Waals surface area contributed by atoms with Crippen LogP contribution in [0.5, 0.6) is 0 Å². The summed E-state index contributed by atoms with van der Waals surface area (Å²) in [7, 11) is 0. The highest BCUT2D eigenvalue weighted by Gasteiger charge is 1.98. The number of carbonyl (C=O) groups excluding carboxylic acids is 1. The van der Waals surface area contributed by atoms with E-state index in [4.69, 9.17) is 0 Å². The van der Waals surface area contributed by atoms with Gasteiger partial charge in [-0.25, -0.2) is 0 Å². The maximum absolute atomic E-state index is 10.7. The van der Waals surface area contributed by atoms with Gasteiger partial charge in [0.25, 0.3) is 0 Å². The fraction of sp³-hybridized carbons (Fsp3) is 0.500. The Kier molecular flexibility index (Phi) is 4.72. The average Bonchev–Trinajstić information content (AvgIpc) is 1.86. The molecule has 64 valence electrons. The molecule has 0 aromatic rings. The van der Waals surface area contributed by atoms with Gasteiger partial charge in [-0.05, 0) is 6.92 Å². The van der Waals surface area contributed by atoms with Gasteiger partial charge in [0.15, 0.2) is 0 Å². The number of hydrogen-bond donors (Lipinski definition) is 1. The van der Waals surface area contributed by atoms with Crippen molar-refractivity contribution in [3.8, 4) is 0 Å². The molecule has 0 aliphatic carbocycles. The molecule has 11 heavy (non-hydrogen) atoms. The van der Waals surface area contributed by atoms with Gasteiger partial charge in [0, 0.05) is 17.9 Å². The summed E-state index contributed by atoms with van der Waals surface area (Å²) in [6.07, 6.45) is 0. The van der Waals surface area contributed by atoms with Gasteiger partial charge in [-0.15, -0.1) is 0 Å². The minimum atomic E-state index is -2.09. The van der Waals surface area contributed by atoms with Gasteiger partial charge in [-0.2, -0.15) is 0 Å². The molecule has 0 radical (unpaired) electrons. The Morgan fingerprint density at radius 1 is 1.73 bits per heavy atom. The Balaban J connectivity index is 3.47. The summed E-state index contributed by atoms with van der Waals surface area (Å²) in [5, 5.41) is 2.38. The Hall–Kier alpha value is -0.680. The first-order valence-corrected chi connectivity index (χ1v) is 4.28. The third-order valence-electron chi connectivity index (χ3n) is 0.942. The quantitative estimate of drug-likeness (QED) is 0.466. The van der Waals surface area contributed by atoms with Crippen LogP contribution in [-0.2, 0) is 15.9 Å². The predicted octanol–water partition coefficient (Wildman–Crippen LogP) is -0.442. The van der Waals surface area contributed by atoms with E-state index in [-0.39, 0.29) is 18.2 Å². The molecule has 0 saturated heterocycles. The largest absolute Gasteiger partial charge is 0.772 e. The summed E-state index contributed by atoms with van der Waals surface area (Å²) in [4.78, 5) is 10.7. The van der Waals surface area contributed by atoms with Crippen molar-refractivity contribution in [3.63, 3.8) is 0 Å². The lowest BCUT2D eigenvalue weighted by atomic mass is 10.3. The Bertz CT molecular complexity index is 190. The predicted molar refractivity (Wildman–Crippen MR) is 41.6 cm³/mol. The van der Waals surface area contributed by atoms with Gasteiger partial charge in [0.05, 0.1) is 0 Å². The van der Waals surface area contributed by atoms with E-state index < -0.39 is 11.1 Å². The molecule has 0 aliphatic heterocycles. The zero-order valence-corrected chi connectivity index (χ0v) is 7.07. The fourth-order valence-corrected chi connectivity index (χ4v) is 0.668. The lowest BCUT2D eigenvalue weighted by Gasteiger charge is -2.05. The van der Waals surface area contributed by atoms with Gasteiger partial charge >= 0.3 is 0 Å². The molecular weight excluding hydrogens is 166 g/mol. The number of nitrogens with one attached hydrogen (secondary N) is 1. The van der Waals surface area contributed by atoms with Gasteiger partial charge in [-0.1, -0.05) is 17.7 Å². The van der Waals surface area contributed by atoms with Crippen molar-refractivity contribution >= 4 is 17.0 Å². The first-order valence-electron chi connectivity index (χ1n) is 3.03. The smallest absolute Gasteiger partial charge is 0.246 e. The molecule has 1 amide bonds. The second-order valence-corrected chi connectivity index (χ2v) is 3.06. The SMILES string of the molecule is C=C(C)C(=O)NCCS(=O)[O-]. The molecule has 1 atom stereocenters. The second-order valence-electron chi connectivity index (χ2n) is 2.04. The van der Waals surface area contributed by atoms with E-state index in [0.717, 1.165) is 0 Å². The lowest BCUT2D eigenvalue weighted by Crippen LogP contribution is -2.27. The Morgan fingerprint density at radius 3 is 2.64 bits per heavy atom. The summed E-state index contributed by atoms with van der Waals surface area (Å²) in [5.74, 6) is -0.366. The fourth-order valence-electron chi connectivity index (χ4n) is 0.399. The molecule has 0 aromatic heterocycles. The normalized spacial score (nSPS) is 12.2. The van der Waals surface area contributed by atoms with E-state index in [1.807, 2.05) is 0 Å². The van der Waals surface area contributed by atoms with Crippen molar-refractivity contribution in [1.82, 2.24) is 5.32 Å². The van der Waals surface area contributed by atoms with Gasteiger partial charge in [-0.3, -0.25) is 9.00 Å². The summed E-state index contributed by atoms with van der Waals surface area (Å²) in [6.45, 7) is 5.09. The van der Waals surface area contributed by atoms with Crippen LogP contribution < -0.4 is 5.32 Å². The molecular formula is C6H10NO3S-. The molecule has 0 saturated carbocycles.